The molecule has 2 aromatic heterocycles. The highest BCUT2D eigenvalue weighted by molar-refractivity contribution is 5.89. The second-order valence-corrected chi connectivity index (χ2v) is 7.29. The number of nitrogens with zero attached hydrogens (tertiary/aromatic N) is 1. The minimum atomic E-state index is -1.18. The van der Waals surface area contributed by atoms with Crippen molar-refractivity contribution < 1.29 is 33.6 Å². The fourth-order valence-corrected chi connectivity index (χ4v) is 3.42. The van der Waals surface area contributed by atoms with Crippen molar-refractivity contribution in [3.05, 3.63) is 54.1 Å². The number of nitrogens with one attached hydrogen (secondary N) is 1. The molecule has 0 spiro atoms. The van der Waals surface area contributed by atoms with Gasteiger partial charge in [-0.1, -0.05) is 69.2 Å². The van der Waals surface area contributed by atoms with E-state index in [-0.39, 0.29) is 18.1 Å². The Bertz CT molecular complexity index is 1310. The van der Waals surface area contributed by atoms with Gasteiger partial charge in [0.2, 0.25) is 0 Å². The summed E-state index contributed by atoms with van der Waals surface area (Å²) in [5, 5.41) is 19.5. The van der Waals surface area contributed by atoms with Crippen LogP contribution in [0.2, 0.25) is 0 Å². The Balaban J connectivity index is 0. The van der Waals surface area contributed by atoms with E-state index in [9.17, 15) is 14.3 Å². The van der Waals surface area contributed by atoms with E-state index in [1.54, 1.807) is 36.4 Å². The largest absolute Gasteiger partial charge is 0.493 e. The molecule has 0 radical (unpaired) electrons. The molecule has 9 heteroatoms. The van der Waals surface area contributed by atoms with Gasteiger partial charge in [-0.05, 0) is 37.3 Å². The van der Waals surface area contributed by atoms with Crippen molar-refractivity contribution in [2.45, 2.75) is 88.7 Å². The molecule has 236 valence electrons. The number of methoxy groups -OCH3 is 1. The third kappa shape index (κ3) is 11.6. The molecule has 4 rings (SSSR count). The number of benzene rings is 2. The molecule has 1 unspecified atom stereocenters. The monoisotopic (exact) mass is 590 g/mol. The zero-order valence-corrected chi connectivity index (χ0v) is 27.4. The molecule has 3 N–H and O–H groups in total. The van der Waals surface area contributed by atoms with E-state index in [4.69, 9.17) is 19.3 Å². The number of aliphatic carboxylic acids is 1. The summed E-state index contributed by atoms with van der Waals surface area (Å²) >= 11 is 0. The predicted molar refractivity (Wildman–Crippen MR) is 172 cm³/mol. The van der Waals surface area contributed by atoms with Crippen LogP contribution in [0.25, 0.3) is 21.8 Å². The van der Waals surface area contributed by atoms with E-state index in [2.05, 4.69) is 9.97 Å². The van der Waals surface area contributed by atoms with E-state index in [0.29, 0.717) is 33.3 Å². The first-order valence-electron chi connectivity index (χ1n) is 14.8. The normalized spacial score (nSPS) is 9.95. The Morgan fingerprint density at radius 1 is 0.881 bits per heavy atom. The highest BCUT2D eigenvalue weighted by Crippen LogP contribution is 2.38. The van der Waals surface area contributed by atoms with Gasteiger partial charge in [0.25, 0.3) is 0 Å². The molecule has 0 aliphatic rings. The summed E-state index contributed by atoms with van der Waals surface area (Å²) in [5.74, 6) is -0.553. The van der Waals surface area contributed by atoms with E-state index in [0.717, 1.165) is 5.69 Å². The average molecular weight is 591 g/mol. The number of rotatable bonds is 8. The summed E-state index contributed by atoms with van der Waals surface area (Å²) in [7, 11) is 1.44. The van der Waals surface area contributed by atoms with E-state index >= 15 is 0 Å². The molecule has 2 heterocycles. The maximum Gasteiger partial charge on any atom is 0.306 e. The Morgan fingerprint density at radius 3 is 2.07 bits per heavy atom. The number of carbonyl (C=O) groups is 1. The molecule has 0 aliphatic heterocycles. The Morgan fingerprint density at radius 2 is 1.50 bits per heavy atom. The van der Waals surface area contributed by atoms with Gasteiger partial charge in [-0.25, -0.2) is 4.39 Å². The molecule has 0 amide bonds. The molecule has 0 saturated heterocycles. The first-order chi connectivity index (χ1) is 20.4. The number of aliphatic hydroxyl groups is 1. The van der Waals surface area contributed by atoms with Gasteiger partial charge in [0.15, 0.2) is 23.1 Å². The fourth-order valence-electron chi connectivity index (χ4n) is 3.42. The molecule has 0 bridgehead atoms. The van der Waals surface area contributed by atoms with Crippen LogP contribution in [0.15, 0.2) is 42.6 Å². The van der Waals surface area contributed by atoms with E-state index in [1.807, 2.05) is 76.2 Å². The van der Waals surface area contributed by atoms with Crippen molar-refractivity contribution in [3.8, 4) is 23.0 Å². The fraction of sp³-hybridized carbons (Fsp3) is 0.455. The number of aryl methyl sites for hydroxylation is 1. The minimum absolute atomic E-state index is 0.0695. The summed E-state index contributed by atoms with van der Waals surface area (Å²) in [4.78, 5) is 18.1. The number of aliphatic hydroxyl groups excluding tert-OH is 1. The average Bonchev–Trinajstić information content (AvgIpc) is 3.43. The second kappa shape index (κ2) is 22.8. The number of pyridine rings is 1. The quantitative estimate of drug-likeness (QED) is 0.187. The van der Waals surface area contributed by atoms with E-state index < -0.39 is 24.3 Å². The van der Waals surface area contributed by atoms with Crippen LogP contribution in [0.4, 0.5) is 4.39 Å². The zero-order valence-electron chi connectivity index (χ0n) is 27.4. The number of halogens is 1. The van der Waals surface area contributed by atoms with Crippen LogP contribution in [0.1, 0.15) is 81.4 Å². The molecule has 2 aromatic carbocycles. The standard InChI is InChI=1S/C23H21FN2O6.5C2H6/c1-12-7-15-16(26-12)3-4-19(23(15)24)32-18-5-6-25-17-10-21(20(30-2)9-14(17)18)31-11-13(27)8-22(28)29;5*1-2/h3-7,9-10,13,26-27H,8,11H2,1-2H3,(H,28,29);5*1-2H3. The second-order valence-electron chi connectivity index (χ2n) is 7.29. The molecule has 4 aromatic rings. The van der Waals surface area contributed by atoms with Crippen LogP contribution in [0, 0.1) is 12.7 Å². The smallest absolute Gasteiger partial charge is 0.306 e. The van der Waals surface area contributed by atoms with Gasteiger partial charge in [-0.15, -0.1) is 0 Å². The lowest BCUT2D eigenvalue weighted by molar-refractivity contribution is -0.139. The SMILES string of the molecule is CC.CC.CC.CC.CC.COc1cc2c(Oc3ccc4[nH]c(C)cc4c3F)ccnc2cc1OCC(O)CC(=O)O. The summed E-state index contributed by atoms with van der Waals surface area (Å²) < 4.78 is 31.8. The molecular weight excluding hydrogens is 539 g/mol. The van der Waals surface area contributed by atoms with Crippen LogP contribution >= 0.6 is 0 Å². The van der Waals surface area contributed by atoms with Crippen LogP contribution in [0.3, 0.4) is 0 Å². The molecule has 0 saturated carbocycles. The predicted octanol–water partition coefficient (Wildman–Crippen LogP) is 9.31. The third-order valence-electron chi connectivity index (χ3n) is 4.89. The summed E-state index contributed by atoms with van der Waals surface area (Å²) in [6.45, 7) is 21.6. The van der Waals surface area contributed by atoms with Gasteiger partial charge in [0.05, 0.1) is 25.2 Å². The number of fused-ring (bicyclic) bond motifs is 2. The van der Waals surface area contributed by atoms with Crippen LogP contribution in [-0.2, 0) is 4.79 Å². The number of H-pyrrole nitrogens is 1. The molecule has 42 heavy (non-hydrogen) atoms. The van der Waals surface area contributed by atoms with Crippen molar-refractivity contribution in [2.24, 2.45) is 0 Å². The lowest BCUT2D eigenvalue weighted by Gasteiger charge is -2.15. The van der Waals surface area contributed by atoms with Gasteiger partial charge < -0.3 is 29.4 Å². The van der Waals surface area contributed by atoms with Crippen LogP contribution in [0.5, 0.6) is 23.0 Å². The first-order valence-corrected chi connectivity index (χ1v) is 14.8. The highest BCUT2D eigenvalue weighted by Gasteiger charge is 2.17. The van der Waals surface area contributed by atoms with Gasteiger partial charge in [0.1, 0.15) is 12.4 Å². The lowest BCUT2D eigenvalue weighted by Crippen LogP contribution is -2.21. The lowest BCUT2D eigenvalue weighted by atomic mass is 10.1. The molecule has 1 atom stereocenters. The van der Waals surface area contributed by atoms with Gasteiger partial charge in [-0.2, -0.15) is 0 Å². The highest BCUT2D eigenvalue weighted by atomic mass is 19.1. The number of carboxylic acids is 1. The van der Waals surface area contributed by atoms with Gasteiger partial charge in [-0.3, -0.25) is 9.78 Å². The van der Waals surface area contributed by atoms with Gasteiger partial charge in [0, 0.05) is 34.2 Å². The van der Waals surface area contributed by atoms with Crippen molar-refractivity contribution in [3.63, 3.8) is 0 Å². The van der Waals surface area contributed by atoms with Crippen molar-refractivity contribution in [1.82, 2.24) is 9.97 Å². The molecule has 0 fully saturated rings. The van der Waals surface area contributed by atoms with E-state index in [1.165, 1.54) is 13.3 Å². The Hall–Kier alpha value is -3.85. The van der Waals surface area contributed by atoms with Crippen molar-refractivity contribution >= 4 is 27.8 Å². The number of aromatic nitrogens is 2. The van der Waals surface area contributed by atoms with Crippen molar-refractivity contribution in [1.29, 1.82) is 0 Å². The third-order valence-corrected chi connectivity index (χ3v) is 4.89. The molecular formula is C33H51FN2O6. The summed E-state index contributed by atoms with van der Waals surface area (Å²) in [6, 6.07) is 9.85. The summed E-state index contributed by atoms with van der Waals surface area (Å²) in [5.41, 5.74) is 2.02. The Labute approximate surface area is 250 Å². The van der Waals surface area contributed by atoms with Crippen LogP contribution < -0.4 is 14.2 Å². The summed E-state index contributed by atoms with van der Waals surface area (Å²) in [6.07, 6.45) is -0.0993. The minimum Gasteiger partial charge on any atom is -0.493 e. The number of ether oxygens (including phenoxy) is 3. The maximum absolute atomic E-state index is 15.0. The van der Waals surface area contributed by atoms with Crippen molar-refractivity contribution in [2.75, 3.05) is 13.7 Å². The topological polar surface area (TPSA) is 114 Å². The van der Waals surface area contributed by atoms with Crippen LogP contribution in [-0.4, -0.2) is 46.0 Å². The maximum atomic E-state index is 15.0. The number of hydrogen-bond donors (Lipinski definition) is 3. The Kier molecular flexibility index (Phi) is 21.9. The number of hydrogen-bond acceptors (Lipinski definition) is 6. The molecule has 8 nitrogen and oxygen atoms in total. The number of aromatic amines is 1. The molecule has 0 aliphatic carbocycles. The number of carboxylic acid groups (broad SMARTS) is 1. The first kappa shape index (κ1) is 40.3. The van der Waals surface area contributed by atoms with Gasteiger partial charge >= 0.3 is 5.97 Å². The zero-order chi connectivity index (χ0) is 32.8.